The van der Waals surface area contributed by atoms with Gasteiger partial charge in [0.05, 0.1) is 0 Å². The maximum absolute atomic E-state index is 13.1. The molecule has 0 unspecified atom stereocenters. The van der Waals surface area contributed by atoms with E-state index in [-0.39, 0.29) is 11.2 Å². The van der Waals surface area contributed by atoms with Crippen molar-refractivity contribution in [1.82, 2.24) is 0 Å². The molecular weight excluding hydrogens is 231 g/mol. The van der Waals surface area contributed by atoms with E-state index in [2.05, 4.69) is 36.7 Å². The Hall–Kier alpha value is -0.370. The number of halogens is 2. The molecular formula is C11H14BrF. The first-order valence-corrected chi connectivity index (χ1v) is 5.41. The summed E-state index contributed by atoms with van der Waals surface area (Å²) in [5.74, 6) is -0.151. The smallest absolute Gasteiger partial charge is 0.123 e. The highest BCUT2D eigenvalue weighted by molar-refractivity contribution is 9.08. The van der Waals surface area contributed by atoms with Crippen molar-refractivity contribution >= 4 is 15.9 Å². The Morgan fingerprint density at radius 3 is 2.31 bits per heavy atom. The fourth-order valence-electron chi connectivity index (χ4n) is 1.16. The normalized spacial score (nSPS) is 11.8. The van der Waals surface area contributed by atoms with Crippen molar-refractivity contribution in [3.05, 3.63) is 35.1 Å². The van der Waals surface area contributed by atoms with Crippen molar-refractivity contribution in [3.8, 4) is 0 Å². The van der Waals surface area contributed by atoms with Gasteiger partial charge in [-0.25, -0.2) is 4.39 Å². The zero-order valence-electron chi connectivity index (χ0n) is 8.20. The third-order valence-electron chi connectivity index (χ3n) is 1.98. The Morgan fingerprint density at radius 2 is 1.85 bits per heavy atom. The summed E-state index contributed by atoms with van der Waals surface area (Å²) in [5.41, 5.74) is 2.05. The quantitative estimate of drug-likeness (QED) is 0.655. The molecule has 0 bridgehead atoms. The van der Waals surface area contributed by atoms with E-state index in [1.165, 1.54) is 0 Å². The maximum Gasteiger partial charge on any atom is 0.123 e. The maximum atomic E-state index is 13.1. The third-order valence-corrected chi connectivity index (χ3v) is 2.63. The van der Waals surface area contributed by atoms with Gasteiger partial charge in [0.15, 0.2) is 0 Å². The summed E-state index contributed by atoms with van der Waals surface area (Å²) in [5, 5.41) is 0.702. The monoisotopic (exact) mass is 244 g/mol. The minimum absolute atomic E-state index is 0.0129. The number of alkyl halides is 1. The van der Waals surface area contributed by atoms with Crippen LogP contribution in [-0.4, -0.2) is 0 Å². The lowest BCUT2D eigenvalue weighted by molar-refractivity contribution is 0.571. The van der Waals surface area contributed by atoms with E-state index < -0.39 is 0 Å². The number of hydrogen-bond acceptors (Lipinski definition) is 0. The molecule has 0 heterocycles. The van der Waals surface area contributed by atoms with Crippen LogP contribution in [0.4, 0.5) is 4.39 Å². The van der Waals surface area contributed by atoms with Gasteiger partial charge in [0.25, 0.3) is 0 Å². The zero-order chi connectivity index (χ0) is 10.1. The number of rotatable bonds is 1. The SMILES string of the molecule is CC(C)(C)c1cc(F)cc(CBr)c1. The van der Waals surface area contributed by atoms with Gasteiger partial charge in [0.1, 0.15) is 5.82 Å². The molecule has 0 spiro atoms. The van der Waals surface area contributed by atoms with Crippen molar-refractivity contribution in [2.75, 3.05) is 0 Å². The van der Waals surface area contributed by atoms with Crippen LogP contribution in [0, 0.1) is 5.82 Å². The molecule has 0 N–H and O–H groups in total. The number of hydrogen-bond donors (Lipinski definition) is 0. The Kier molecular flexibility index (Phi) is 3.12. The summed E-state index contributed by atoms with van der Waals surface area (Å²) in [4.78, 5) is 0. The predicted octanol–water partition coefficient (Wildman–Crippen LogP) is 4.02. The van der Waals surface area contributed by atoms with Crippen LogP contribution in [0.2, 0.25) is 0 Å². The fraction of sp³-hybridized carbons (Fsp3) is 0.455. The van der Waals surface area contributed by atoms with Crippen molar-refractivity contribution in [2.24, 2.45) is 0 Å². The summed E-state index contributed by atoms with van der Waals surface area (Å²) in [7, 11) is 0. The van der Waals surface area contributed by atoms with E-state index >= 15 is 0 Å². The molecule has 0 aliphatic rings. The summed E-state index contributed by atoms with van der Waals surface area (Å²) in [6.45, 7) is 6.25. The van der Waals surface area contributed by atoms with E-state index in [1.54, 1.807) is 12.1 Å². The Morgan fingerprint density at radius 1 is 1.23 bits per heavy atom. The highest BCUT2D eigenvalue weighted by Crippen LogP contribution is 2.24. The van der Waals surface area contributed by atoms with Crippen LogP contribution < -0.4 is 0 Å². The van der Waals surface area contributed by atoms with Gasteiger partial charge in [-0.05, 0) is 28.7 Å². The third kappa shape index (κ3) is 2.80. The van der Waals surface area contributed by atoms with Crippen LogP contribution in [0.25, 0.3) is 0 Å². The molecule has 0 fully saturated rings. The molecule has 1 aromatic carbocycles. The van der Waals surface area contributed by atoms with Gasteiger partial charge in [0.2, 0.25) is 0 Å². The first kappa shape index (κ1) is 10.7. The minimum Gasteiger partial charge on any atom is -0.207 e. The van der Waals surface area contributed by atoms with Crippen molar-refractivity contribution in [2.45, 2.75) is 31.5 Å². The van der Waals surface area contributed by atoms with Crippen LogP contribution >= 0.6 is 15.9 Å². The van der Waals surface area contributed by atoms with E-state index in [0.717, 1.165) is 11.1 Å². The minimum atomic E-state index is -0.151. The van der Waals surface area contributed by atoms with E-state index in [4.69, 9.17) is 0 Å². The average molecular weight is 245 g/mol. The van der Waals surface area contributed by atoms with E-state index in [1.807, 2.05) is 6.07 Å². The topological polar surface area (TPSA) is 0 Å². The first-order chi connectivity index (χ1) is 5.93. The molecule has 1 aromatic rings. The highest BCUT2D eigenvalue weighted by Gasteiger charge is 2.14. The molecule has 0 amide bonds. The van der Waals surface area contributed by atoms with Gasteiger partial charge < -0.3 is 0 Å². The molecule has 0 radical (unpaired) electrons. The second-order valence-corrected chi connectivity index (χ2v) is 4.79. The molecule has 13 heavy (non-hydrogen) atoms. The van der Waals surface area contributed by atoms with E-state index in [0.29, 0.717) is 5.33 Å². The molecule has 0 aromatic heterocycles. The highest BCUT2D eigenvalue weighted by atomic mass is 79.9. The Bertz CT molecular complexity index is 299. The van der Waals surface area contributed by atoms with Crippen LogP contribution in [0.1, 0.15) is 31.9 Å². The zero-order valence-corrected chi connectivity index (χ0v) is 9.78. The van der Waals surface area contributed by atoms with Gasteiger partial charge in [-0.2, -0.15) is 0 Å². The lowest BCUT2D eigenvalue weighted by Crippen LogP contribution is -2.11. The Balaban J connectivity index is 3.16. The Labute approximate surface area is 87.3 Å². The lowest BCUT2D eigenvalue weighted by atomic mass is 9.86. The van der Waals surface area contributed by atoms with E-state index in [9.17, 15) is 4.39 Å². The molecule has 0 saturated carbocycles. The van der Waals surface area contributed by atoms with Crippen LogP contribution in [0.3, 0.4) is 0 Å². The van der Waals surface area contributed by atoms with Crippen LogP contribution in [-0.2, 0) is 10.7 Å². The fourth-order valence-corrected chi connectivity index (χ4v) is 1.48. The molecule has 0 saturated heterocycles. The second kappa shape index (κ2) is 3.79. The molecule has 0 nitrogen and oxygen atoms in total. The summed E-state index contributed by atoms with van der Waals surface area (Å²) < 4.78 is 13.1. The molecule has 0 aliphatic heterocycles. The lowest BCUT2D eigenvalue weighted by Gasteiger charge is -2.19. The average Bonchev–Trinajstić information content (AvgIpc) is 2.01. The molecule has 0 aliphatic carbocycles. The summed E-state index contributed by atoms with van der Waals surface area (Å²) in [6.07, 6.45) is 0. The molecule has 1 rings (SSSR count). The number of benzene rings is 1. The summed E-state index contributed by atoms with van der Waals surface area (Å²) in [6, 6.07) is 5.20. The molecule has 72 valence electrons. The predicted molar refractivity (Wildman–Crippen MR) is 57.7 cm³/mol. The second-order valence-electron chi connectivity index (χ2n) is 4.23. The standard InChI is InChI=1S/C11H14BrF/c1-11(2,3)9-4-8(7-12)5-10(13)6-9/h4-6H,7H2,1-3H3. The van der Waals surface area contributed by atoms with Crippen LogP contribution in [0.5, 0.6) is 0 Å². The first-order valence-electron chi connectivity index (χ1n) is 4.29. The van der Waals surface area contributed by atoms with Gasteiger partial charge in [0, 0.05) is 5.33 Å². The summed E-state index contributed by atoms with van der Waals surface area (Å²) >= 11 is 3.33. The van der Waals surface area contributed by atoms with Crippen LogP contribution in [0.15, 0.2) is 18.2 Å². The van der Waals surface area contributed by atoms with Crippen molar-refractivity contribution in [3.63, 3.8) is 0 Å². The van der Waals surface area contributed by atoms with Gasteiger partial charge in [-0.15, -0.1) is 0 Å². The van der Waals surface area contributed by atoms with Crippen molar-refractivity contribution < 1.29 is 4.39 Å². The van der Waals surface area contributed by atoms with Gasteiger partial charge in [-0.1, -0.05) is 42.8 Å². The van der Waals surface area contributed by atoms with Gasteiger partial charge >= 0.3 is 0 Å². The van der Waals surface area contributed by atoms with Gasteiger partial charge in [-0.3, -0.25) is 0 Å². The molecule has 0 atom stereocenters. The van der Waals surface area contributed by atoms with Crippen molar-refractivity contribution in [1.29, 1.82) is 0 Å². The largest absolute Gasteiger partial charge is 0.207 e. The molecule has 2 heteroatoms.